The van der Waals surface area contributed by atoms with Gasteiger partial charge in [-0.3, -0.25) is 9.59 Å². The van der Waals surface area contributed by atoms with Crippen LogP contribution in [0.15, 0.2) is 48.5 Å². The molecule has 1 saturated heterocycles. The van der Waals surface area contributed by atoms with Crippen molar-refractivity contribution in [1.29, 1.82) is 0 Å². The number of carboxylic acids is 1. The van der Waals surface area contributed by atoms with Crippen molar-refractivity contribution in [1.82, 2.24) is 4.90 Å². The molecule has 6 nitrogen and oxygen atoms in total. The average Bonchev–Trinajstić information content (AvgIpc) is 2.68. The lowest BCUT2D eigenvalue weighted by Crippen LogP contribution is -2.42. The molecule has 3 rings (SSSR count). The van der Waals surface area contributed by atoms with E-state index < -0.39 is 5.97 Å². The molecule has 2 aromatic carbocycles. The first kappa shape index (κ1) is 19.6. The minimum Gasteiger partial charge on any atom is -0.478 e. The smallest absolute Gasteiger partial charge is 0.335 e. The van der Waals surface area contributed by atoms with E-state index in [0.29, 0.717) is 16.8 Å². The van der Waals surface area contributed by atoms with Gasteiger partial charge in [0.25, 0.3) is 5.91 Å². The molecule has 146 valence electrons. The zero-order chi connectivity index (χ0) is 20.1. The quantitative estimate of drug-likeness (QED) is 0.830. The van der Waals surface area contributed by atoms with Gasteiger partial charge in [-0.2, -0.15) is 0 Å². The molecule has 1 unspecified atom stereocenters. The van der Waals surface area contributed by atoms with Crippen molar-refractivity contribution in [3.8, 4) is 0 Å². The third-order valence-corrected chi connectivity index (χ3v) is 5.02. The number of aromatic carboxylic acids is 1. The zero-order valence-corrected chi connectivity index (χ0v) is 15.9. The minimum atomic E-state index is -1.02. The lowest BCUT2D eigenvalue weighted by atomic mass is 10.0. The van der Waals surface area contributed by atoms with E-state index in [-0.39, 0.29) is 29.8 Å². The van der Waals surface area contributed by atoms with Crippen LogP contribution < -0.4 is 5.32 Å². The summed E-state index contributed by atoms with van der Waals surface area (Å²) in [6, 6.07) is 13.4. The topological polar surface area (TPSA) is 86.7 Å². The van der Waals surface area contributed by atoms with E-state index in [0.717, 1.165) is 25.8 Å². The van der Waals surface area contributed by atoms with Crippen LogP contribution in [-0.4, -0.2) is 40.4 Å². The Morgan fingerprint density at radius 3 is 2.50 bits per heavy atom. The van der Waals surface area contributed by atoms with Crippen molar-refractivity contribution >= 4 is 23.5 Å². The van der Waals surface area contributed by atoms with E-state index in [1.165, 1.54) is 12.1 Å². The number of hydrogen-bond donors (Lipinski definition) is 2. The molecule has 2 aromatic rings. The Kier molecular flexibility index (Phi) is 6.09. The Morgan fingerprint density at radius 1 is 1.07 bits per heavy atom. The van der Waals surface area contributed by atoms with E-state index in [9.17, 15) is 14.4 Å². The number of benzene rings is 2. The van der Waals surface area contributed by atoms with Gasteiger partial charge in [0.15, 0.2) is 0 Å². The normalized spacial score (nSPS) is 16.5. The molecule has 1 aliphatic heterocycles. The number of anilines is 1. The molecule has 6 heteroatoms. The van der Waals surface area contributed by atoms with Crippen molar-refractivity contribution in [2.75, 3.05) is 11.9 Å². The van der Waals surface area contributed by atoms with Crippen molar-refractivity contribution in [3.05, 3.63) is 65.2 Å². The summed E-state index contributed by atoms with van der Waals surface area (Å²) in [5.74, 6) is -1.24. The number of amides is 2. The highest BCUT2D eigenvalue weighted by atomic mass is 16.4. The van der Waals surface area contributed by atoms with Crippen molar-refractivity contribution in [3.63, 3.8) is 0 Å². The molecule has 2 N–H and O–H groups in total. The summed E-state index contributed by atoms with van der Waals surface area (Å²) in [7, 11) is 0. The van der Waals surface area contributed by atoms with Crippen molar-refractivity contribution in [2.24, 2.45) is 0 Å². The SMILES string of the molecule is CC1CCCCN1C(=O)c1ccc(NC(=O)Cc2cccc(C(=O)O)c2)cc1. The Bertz CT molecular complexity index is 876. The van der Waals surface area contributed by atoms with Gasteiger partial charge in [-0.1, -0.05) is 12.1 Å². The maximum atomic E-state index is 12.7. The monoisotopic (exact) mass is 380 g/mol. The first-order valence-electron chi connectivity index (χ1n) is 9.47. The van der Waals surface area contributed by atoms with Gasteiger partial charge in [-0.25, -0.2) is 4.79 Å². The summed E-state index contributed by atoms with van der Waals surface area (Å²) in [6.45, 7) is 2.86. The second-order valence-corrected chi connectivity index (χ2v) is 7.15. The van der Waals surface area contributed by atoms with Crippen LogP contribution in [0.25, 0.3) is 0 Å². The Balaban J connectivity index is 1.60. The summed E-state index contributed by atoms with van der Waals surface area (Å²) in [6.07, 6.45) is 3.30. The molecule has 1 aliphatic rings. The summed E-state index contributed by atoms with van der Waals surface area (Å²) in [5.41, 5.74) is 1.99. The number of carbonyl (C=O) groups is 3. The van der Waals surface area contributed by atoms with Crippen LogP contribution in [0.3, 0.4) is 0 Å². The number of rotatable bonds is 5. The minimum absolute atomic E-state index is 0.0237. The zero-order valence-electron chi connectivity index (χ0n) is 15.9. The van der Waals surface area contributed by atoms with Crippen LogP contribution in [0.1, 0.15) is 52.5 Å². The van der Waals surface area contributed by atoms with Crippen LogP contribution >= 0.6 is 0 Å². The molecule has 0 bridgehead atoms. The highest BCUT2D eigenvalue weighted by Gasteiger charge is 2.24. The Hall–Kier alpha value is -3.15. The molecule has 0 aliphatic carbocycles. The van der Waals surface area contributed by atoms with Crippen LogP contribution in [0.4, 0.5) is 5.69 Å². The fourth-order valence-electron chi connectivity index (χ4n) is 3.47. The van der Waals surface area contributed by atoms with Gasteiger partial charge in [0.2, 0.25) is 5.91 Å². The van der Waals surface area contributed by atoms with Gasteiger partial charge in [0, 0.05) is 23.8 Å². The molecule has 0 spiro atoms. The van der Waals surface area contributed by atoms with Crippen LogP contribution in [0, 0.1) is 0 Å². The first-order valence-corrected chi connectivity index (χ1v) is 9.47. The van der Waals surface area contributed by atoms with E-state index in [1.807, 2.05) is 4.90 Å². The molecule has 0 saturated carbocycles. The number of hydrogen-bond acceptors (Lipinski definition) is 3. The molecule has 1 atom stereocenters. The standard InChI is InChI=1S/C22H24N2O4/c1-15-5-2-3-12-24(15)21(26)17-8-10-19(11-9-17)23-20(25)14-16-6-4-7-18(13-16)22(27)28/h4,6-11,13,15H,2-3,5,12,14H2,1H3,(H,23,25)(H,27,28). The lowest BCUT2D eigenvalue weighted by molar-refractivity contribution is -0.115. The largest absolute Gasteiger partial charge is 0.478 e. The number of nitrogens with one attached hydrogen (secondary N) is 1. The highest BCUT2D eigenvalue weighted by molar-refractivity contribution is 5.96. The molecule has 0 aromatic heterocycles. The van der Waals surface area contributed by atoms with Gasteiger partial charge in [0.05, 0.1) is 12.0 Å². The summed E-state index contributed by atoms with van der Waals surface area (Å²) < 4.78 is 0. The van der Waals surface area contributed by atoms with E-state index >= 15 is 0 Å². The van der Waals surface area contributed by atoms with Crippen molar-refractivity contribution in [2.45, 2.75) is 38.6 Å². The fourth-order valence-corrected chi connectivity index (χ4v) is 3.47. The molecular weight excluding hydrogens is 356 g/mol. The van der Waals surface area contributed by atoms with Gasteiger partial charge < -0.3 is 15.3 Å². The highest BCUT2D eigenvalue weighted by Crippen LogP contribution is 2.20. The maximum absolute atomic E-state index is 12.7. The van der Waals surface area contributed by atoms with Crippen LogP contribution in [0.2, 0.25) is 0 Å². The van der Waals surface area contributed by atoms with E-state index in [2.05, 4.69) is 12.2 Å². The van der Waals surface area contributed by atoms with Gasteiger partial charge >= 0.3 is 5.97 Å². The summed E-state index contributed by atoms with van der Waals surface area (Å²) in [5, 5.41) is 11.8. The van der Waals surface area contributed by atoms with E-state index in [4.69, 9.17) is 5.11 Å². The Morgan fingerprint density at radius 2 is 1.82 bits per heavy atom. The maximum Gasteiger partial charge on any atom is 0.335 e. The summed E-state index contributed by atoms with van der Waals surface area (Å²) >= 11 is 0. The van der Waals surface area contributed by atoms with Crippen molar-refractivity contribution < 1.29 is 19.5 Å². The number of piperidine rings is 1. The predicted molar refractivity (Wildman–Crippen MR) is 107 cm³/mol. The molecule has 2 amide bonds. The third-order valence-electron chi connectivity index (χ3n) is 5.02. The molecule has 1 fully saturated rings. The average molecular weight is 380 g/mol. The number of carboxylic acid groups (broad SMARTS) is 1. The third kappa shape index (κ3) is 4.76. The molecule has 0 radical (unpaired) electrons. The number of carbonyl (C=O) groups excluding carboxylic acids is 2. The van der Waals surface area contributed by atoms with Crippen LogP contribution in [0.5, 0.6) is 0 Å². The Labute approximate surface area is 164 Å². The van der Waals surface area contributed by atoms with E-state index in [1.54, 1.807) is 36.4 Å². The lowest BCUT2D eigenvalue weighted by Gasteiger charge is -2.33. The number of likely N-dealkylation sites (tertiary alicyclic amines) is 1. The predicted octanol–water partition coefficient (Wildman–Crippen LogP) is 3.58. The van der Waals surface area contributed by atoms with Gasteiger partial charge in [0.1, 0.15) is 0 Å². The second-order valence-electron chi connectivity index (χ2n) is 7.15. The van der Waals surface area contributed by atoms with Crippen LogP contribution in [-0.2, 0) is 11.2 Å². The molecule has 28 heavy (non-hydrogen) atoms. The van der Waals surface area contributed by atoms with Gasteiger partial charge in [-0.05, 0) is 68.1 Å². The molecular formula is C22H24N2O4. The fraction of sp³-hybridized carbons (Fsp3) is 0.318. The molecule has 1 heterocycles. The number of nitrogens with zero attached hydrogens (tertiary/aromatic N) is 1. The van der Waals surface area contributed by atoms with Gasteiger partial charge in [-0.15, -0.1) is 0 Å². The second kappa shape index (κ2) is 8.69. The summed E-state index contributed by atoms with van der Waals surface area (Å²) in [4.78, 5) is 37.8. The first-order chi connectivity index (χ1) is 13.4.